The third-order valence-electron chi connectivity index (χ3n) is 8.08. The standard InChI is InChI=1S/C39H41Br4ClN6O5/c1-26-6-10-30(11-7-26)49(24-36(51)47-45-22-27-18-32(40)38(53)33(41)19-27)14-2-4-16-55-17-5-3-15-50(31-12-8-29(44)9-13-31)25-37(52)48-46-23-28-20-34(42)39(54)35(43)21-28/h6-13,18-23,53-54H,2-5,14-17,24-25H2,1H3,(H,47,51)(H,48,52)/b45-22-,46-23-. The average Bonchev–Trinajstić information content (AvgIpc) is 3.15. The third-order valence-corrected chi connectivity index (χ3v) is 10.7. The molecule has 292 valence electrons. The summed E-state index contributed by atoms with van der Waals surface area (Å²) in [4.78, 5) is 29.7. The van der Waals surface area contributed by atoms with Crippen LogP contribution < -0.4 is 20.7 Å². The molecule has 0 atom stereocenters. The number of rotatable bonds is 20. The summed E-state index contributed by atoms with van der Waals surface area (Å²) in [6.45, 7) is 4.71. The molecule has 4 aromatic carbocycles. The molecule has 0 heterocycles. The summed E-state index contributed by atoms with van der Waals surface area (Å²) in [5.74, 6) is -0.350. The lowest BCUT2D eigenvalue weighted by Gasteiger charge is -2.24. The van der Waals surface area contributed by atoms with Gasteiger partial charge in [0, 0.05) is 42.7 Å². The molecule has 4 aromatic rings. The van der Waals surface area contributed by atoms with Crippen molar-refractivity contribution in [1.82, 2.24) is 10.9 Å². The Morgan fingerprint density at radius 1 is 0.673 bits per heavy atom. The molecule has 0 aromatic heterocycles. The van der Waals surface area contributed by atoms with Gasteiger partial charge in [-0.1, -0.05) is 29.3 Å². The van der Waals surface area contributed by atoms with Gasteiger partial charge in [-0.15, -0.1) is 0 Å². The molecule has 0 radical (unpaired) electrons. The monoisotopic (exact) mass is 1020 g/mol. The number of anilines is 2. The Hall–Kier alpha value is -3.47. The number of nitrogens with zero attached hydrogens (tertiary/aromatic N) is 4. The van der Waals surface area contributed by atoms with Crippen LogP contribution in [0, 0.1) is 6.92 Å². The molecular weight excluding hydrogens is 988 g/mol. The smallest absolute Gasteiger partial charge is 0.259 e. The molecule has 0 spiro atoms. The van der Waals surface area contributed by atoms with Crippen LogP contribution in [0.25, 0.3) is 0 Å². The number of aryl methyl sites for hydroxylation is 1. The first-order valence-electron chi connectivity index (χ1n) is 17.3. The van der Waals surface area contributed by atoms with Gasteiger partial charge in [-0.25, -0.2) is 10.9 Å². The molecule has 0 bridgehead atoms. The van der Waals surface area contributed by atoms with Crippen LogP contribution in [-0.2, 0) is 14.3 Å². The molecule has 55 heavy (non-hydrogen) atoms. The summed E-state index contributed by atoms with van der Waals surface area (Å²) in [6, 6.07) is 22.2. The van der Waals surface area contributed by atoms with Gasteiger partial charge in [0.25, 0.3) is 11.8 Å². The van der Waals surface area contributed by atoms with Gasteiger partial charge in [0.05, 0.1) is 43.4 Å². The molecule has 11 nitrogen and oxygen atoms in total. The fraction of sp³-hybridized carbons (Fsp3) is 0.282. The number of unbranched alkanes of at least 4 members (excludes halogenated alkanes) is 2. The maximum Gasteiger partial charge on any atom is 0.259 e. The van der Waals surface area contributed by atoms with E-state index in [2.05, 4.69) is 84.8 Å². The SMILES string of the molecule is Cc1ccc(N(CCCCOCCCCN(CC(=O)N/N=C\c2cc(Br)c(O)c(Br)c2)c2ccc(Cl)cc2)CC(=O)N/N=C\c2cc(Br)c(O)c(Br)c2)cc1. The Bertz CT molecular complexity index is 1770. The van der Waals surface area contributed by atoms with Crippen molar-refractivity contribution in [3.63, 3.8) is 0 Å². The molecule has 4 N–H and O–H groups in total. The second kappa shape index (κ2) is 22.9. The van der Waals surface area contributed by atoms with E-state index in [0.29, 0.717) is 60.3 Å². The number of hydrazone groups is 2. The highest BCUT2D eigenvalue weighted by atomic mass is 79.9. The van der Waals surface area contributed by atoms with E-state index < -0.39 is 0 Å². The molecule has 0 unspecified atom stereocenters. The highest BCUT2D eigenvalue weighted by molar-refractivity contribution is 9.11. The Morgan fingerprint density at radius 3 is 1.45 bits per heavy atom. The molecule has 0 saturated heterocycles. The van der Waals surface area contributed by atoms with Gasteiger partial charge < -0.3 is 24.7 Å². The van der Waals surface area contributed by atoms with Crippen molar-refractivity contribution < 1.29 is 24.5 Å². The normalized spacial score (nSPS) is 11.3. The van der Waals surface area contributed by atoms with Crippen LogP contribution in [0.2, 0.25) is 5.02 Å². The van der Waals surface area contributed by atoms with Crippen LogP contribution in [0.1, 0.15) is 42.4 Å². The maximum atomic E-state index is 12.9. The van der Waals surface area contributed by atoms with E-state index in [0.717, 1.165) is 42.6 Å². The lowest BCUT2D eigenvalue weighted by molar-refractivity contribution is -0.120. The first-order valence-corrected chi connectivity index (χ1v) is 20.8. The van der Waals surface area contributed by atoms with Gasteiger partial charge in [0.2, 0.25) is 0 Å². The number of carbonyl (C=O) groups is 2. The molecule has 0 aliphatic carbocycles. The van der Waals surface area contributed by atoms with Crippen molar-refractivity contribution in [2.45, 2.75) is 32.6 Å². The second-order valence-electron chi connectivity index (χ2n) is 12.4. The van der Waals surface area contributed by atoms with Crippen LogP contribution in [0.15, 0.2) is 101 Å². The lowest BCUT2D eigenvalue weighted by Crippen LogP contribution is -2.36. The molecule has 16 heteroatoms. The van der Waals surface area contributed by atoms with Crippen LogP contribution >= 0.6 is 75.3 Å². The topological polar surface area (TPSA) is 139 Å². The quantitative estimate of drug-likeness (QED) is 0.0394. The Labute approximate surface area is 359 Å². The first kappa shape index (κ1) is 44.2. The largest absolute Gasteiger partial charge is 0.506 e. The highest BCUT2D eigenvalue weighted by Crippen LogP contribution is 2.33. The number of benzene rings is 4. The Kier molecular flexibility index (Phi) is 18.4. The van der Waals surface area contributed by atoms with E-state index in [1.807, 2.05) is 53.1 Å². The predicted octanol–water partition coefficient (Wildman–Crippen LogP) is 9.30. The summed E-state index contributed by atoms with van der Waals surface area (Å²) in [6.07, 6.45) is 6.27. The molecule has 0 aliphatic rings. The van der Waals surface area contributed by atoms with Crippen molar-refractivity contribution in [2.24, 2.45) is 10.2 Å². The van der Waals surface area contributed by atoms with Crippen molar-refractivity contribution in [3.8, 4) is 11.5 Å². The number of aromatic hydroxyl groups is 2. The van der Waals surface area contributed by atoms with Crippen LogP contribution in [0.5, 0.6) is 11.5 Å². The molecular formula is C39H41Br4ClN6O5. The number of hydrogen-bond donors (Lipinski definition) is 4. The van der Waals surface area contributed by atoms with Gasteiger partial charge in [0.15, 0.2) is 0 Å². The molecule has 0 aliphatic heterocycles. The van der Waals surface area contributed by atoms with Gasteiger partial charge >= 0.3 is 0 Å². The number of phenols is 2. The van der Waals surface area contributed by atoms with Crippen LogP contribution in [0.3, 0.4) is 0 Å². The van der Waals surface area contributed by atoms with Crippen molar-refractivity contribution in [1.29, 1.82) is 0 Å². The number of nitrogens with one attached hydrogen (secondary N) is 2. The second-order valence-corrected chi connectivity index (χ2v) is 16.3. The van der Waals surface area contributed by atoms with E-state index >= 15 is 0 Å². The number of phenolic OH excluding ortho intramolecular Hbond substituents is 2. The third kappa shape index (κ3) is 15.2. The Balaban J connectivity index is 1.19. The summed E-state index contributed by atoms with van der Waals surface area (Å²) >= 11 is 19.3. The zero-order valence-corrected chi connectivity index (χ0v) is 37.1. The Morgan fingerprint density at radius 2 is 1.05 bits per heavy atom. The molecule has 2 amide bonds. The zero-order chi connectivity index (χ0) is 39.7. The number of hydrogen-bond acceptors (Lipinski definition) is 9. The number of amides is 2. The maximum absolute atomic E-state index is 12.9. The van der Waals surface area contributed by atoms with Crippen molar-refractivity contribution >= 4 is 111 Å². The summed E-state index contributed by atoms with van der Waals surface area (Å²) in [5, 5.41) is 28.6. The highest BCUT2D eigenvalue weighted by Gasteiger charge is 2.14. The van der Waals surface area contributed by atoms with E-state index in [1.165, 1.54) is 12.4 Å². The fourth-order valence-electron chi connectivity index (χ4n) is 5.22. The van der Waals surface area contributed by atoms with E-state index in [-0.39, 0.29) is 36.4 Å². The minimum Gasteiger partial charge on any atom is -0.506 e. The molecule has 4 rings (SSSR count). The zero-order valence-electron chi connectivity index (χ0n) is 30.0. The van der Waals surface area contributed by atoms with Crippen molar-refractivity contribution in [3.05, 3.63) is 112 Å². The molecule has 0 saturated carbocycles. The summed E-state index contributed by atoms with van der Waals surface area (Å²) < 4.78 is 7.99. The fourth-order valence-corrected chi connectivity index (χ4v) is 7.79. The van der Waals surface area contributed by atoms with Gasteiger partial charge in [0.1, 0.15) is 11.5 Å². The lowest BCUT2D eigenvalue weighted by atomic mass is 10.2. The van der Waals surface area contributed by atoms with Crippen LogP contribution in [0.4, 0.5) is 11.4 Å². The summed E-state index contributed by atoms with van der Waals surface area (Å²) in [5.41, 5.74) is 9.52. The van der Waals surface area contributed by atoms with Gasteiger partial charge in [-0.2, -0.15) is 10.2 Å². The number of halogens is 5. The van der Waals surface area contributed by atoms with Gasteiger partial charge in [-0.3, -0.25) is 9.59 Å². The van der Waals surface area contributed by atoms with Crippen LogP contribution in [-0.4, -0.2) is 73.8 Å². The minimum atomic E-state index is -0.278. The van der Waals surface area contributed by atoms with Crippen molar-refractivity contribution in [2.75, 3.05) is 49.2 Å². The van der Waals surface area contributed by atoms with E-state index in [4.69, 9.17) is 16.3 Å². The minimum absolute atomic E-state index is 0.0866. The molecule has 0 fully saturated rings. The average molecular weight is 1030 g/mol. The summed E-state index contributed by atoms with van der Waals surface area (Å²) in [7, 11) is 0. The number of carbonyl (C=O) groups excluding carboxylic acids is 2. The number of ether oxygens (including phenoxy) is 1. The predicted molar refractivity (Wildman–Crippen MR) is 235 cm³/mol. The first-order chi connectivity index (χ1) is 26.4. The van der Waals surface area contributed by atoms with E-state index in [1.54, 1.807) is 36.4 Å². The van der Waals surface area contributed by atoms with E-state index in [9.17, 15) is 19.8 Å². The van der Waals surface area contributed by atoms with Gasteiger partial charge in [-0.05, 0) is 168 Å².